The van der Waals surface area contributed by atoms with Crippen LogP contribution in [0.5, 0.6) is 0 Å². The molecule has 0 atom stereocenters. The zero-order valence-electron chi connectivity index (χ0n) is 11.1. The number of halogens is 3. The van der Waals surface area contributed by atoms with E-state index in [1.165, 1.54) is 0 Å². The molecule has 4 nitrogen and oxygen atoms in total. The summed E-state index contributed by atoms with van der Waals surface area (Å²) in [5.74, 6) is -1.29. The Labute approximate surface area is 123 Å². The fraction of sp³-hybridized carbons (Fsp3) is 0.385. The standard InChI is InChI=1S/C13H14BrF2N3O/c1-7(2)17-4-3-11-18-19-13(20-11)12-9(15)5-8(14)6-10(12)16/h5-7,17H,3-4H2,1-2H3. The van der Waals surface area contributed by atoms with Gasteiger partial charge in [0, 0.05) is 23.5 Å². The van der Waals surface area contributed by atoms with E-state index in [2.05, 4.69) is 31.4 Å². The third-order valence-corrected chi connectivity index (χ3v) is 3.04. The third-order valence-electron chi connectivity index (χ3n) is 2.58. The van der Waals surface area contributed by atoms with Gasteiger partial charge in [0.25, 0.3) is 5.89 Å². The van der Waals surface area contributed by atoms with Crippen LogP contribution in [-0.2, 0) is 6.42 Å². The number of nitrogens with one attached hydrogen (secondary N) is 1. The smallest absolute Gasteiger partial charge is 0.253 e. The SMILES string of the molecule is CC(C)NCCc1nnc(-c2c(F)cc(Br)cc2F)o1. The molecule has 1 N–H and O–H groups in total. The van der Waals surface area contributed by atoms with Crippen molar-refractivity contribution in [2.45, 2.75) is 26.3 Å². The van der Waals surface area contributed by atoms with Crippen molar-refractivity contribution in [2.75, 3.05) is 6.54 Å². The van der Waals surface area contributed by atoms with Crippen LogP contribution in [0.3, 0.4) is 0 Å². The molecule has 2 rings (SSSR count). The van der Waals surface area contributed by atoms with Crippen molar-refractivity contribution in [1.29, 1.82) is 0 Å². The van der Waals surface area contributed by atoms with Gasteiger partial charge >= 0.3 is 0 Å². The van der Waals surface area contributed by atoms with Gasteiger partial charge in [-0.1, -0.05) is 29.8 Å². The van der Waals surface area contributed by atoms with Crippen molar-refractivity contribution in [3.63, 3.8) is 0 Å². The first-order valence-corrected chi connectivity index (χ1v) is 6.97. The first-order chi connectivity index (χ1) is 9.47. The Morgan fingerprint density at radius 1 is 1.25 bits per heavy atom. The molecule has 108 valence electrons. The van der Waals surface area contributed by atoms with Crippen LogP contribution >= 0.6 is 15.9 Å². The Bertz CT molecular complexity index is 578. The predicted octanol–water partition coefficient (Wildman–Crippen LogP) is 3.32. The number of nitrogens with zero attached hydrogens (tertiary/aromatic N) is 2. The summed E-state index contributed by atoms with van der Waals surface area (Å²) in [4.78, 5) is 0. The molecule has 0 saturated carbocycles. The van der Waals surface area contributed by atoms with Crippen LogP contribution in [0.25, 0.3) is 11.5 Å². The topological polar surface area (TPSA) is 51.0 Å². The molecular formula is C13H14BrF2N3O. The normalized spacial score (nSPS) is 11.3. The maximum atomic E-state index is 13.8. The van der Waals surface area contributed by atoms with E-state index in [9.17, 15) is 8.78 Å². The van der Waals surface area contributed by atoms with Gasteiger partial charge in [-0.3, -0.25) is 0 Å². The molecule has 0 amide bonds. The molecule has 0 aliphatic heterocycles. The van der Waals surface area contributed by atoms with Gasteiger partial charge in [-0.2, -0.15) is 0 Å². The van der Waals surface area contributed by atoms with Crippen molar-refractivity contribution < 1.29 is 13.2 Å². The number of aromatic nitrogens is 2. The van der Waals surface area contributed by atoms with Crippen LogP contribution in [0.2, 0.25) is 0 Å². The Hall–Kier alpha value is -1.34. The minimum Gasteiger partial charge on any atom is -0.420 e. The average Bonchev–Trinajstić information content (AvgIpc) is 2.75. The summed E-state index contributed by atoms with van der Waals surface area (Å²) < 4.78 is 33.1. The Kier molecular flexibility index (Phi) is 4.82. The third kappa shape index (κ3) is 3.61. The molecule has 0 bridgehead atoms. The quantitative estimate of drug-likeness (QED) is 0.903. The largest absolute Gasteiger partial charge is 0.420 e. The maximum absolute atomic E-state index is 13.8. The zero-order valence-corrected chi connectivity index (χ0v) is 12.7. The van der Waals surface area contributed by atoms with Crippen LogP contribution < -0.4 is 5.32 Å². The number of hydrogen-bond acceptors (Lipinski definition) is 4. The van der Waals surface area contributed by atoms with Crippen LogP contribution in [-0.4, -0.2) is 22.8 Å². The summed E-state index contributed by atoms with van der Waals surface area (Å²) >= 11 is 3.02. The molecule has 1 heterocycles. The fourth-order valence-electron chi connectivity index (χ4n) is 1.67. The molecule has 0 saturated heterocycles. The maximum Gasteiger partial charge on any atom is 0.253 e. The molecule has 20 heavy (non-hydrogen) atoms. The van der Waals surface area contributed by atoms with Gasteiger partial charge in [0.2, 0.25) is 5.89 Å². The number of hydrogen-bond donors (Lipinski definition) is 1. The second-order valence-corrected chi connectivity index (χ2v) is 5.52. The average molecular weight is 346 g/mol. The van der Waals surface area contributed by atoms with Gasteiger partial charge in [0.05, 0.1) is 0 Å². The first-order valence-electron chi connectivity index (χ1n) is 6.18. The van der Waals surface area contributed by atoms with E-state index in [4.69, 9.17) is 4.42 Å². The van der Waals surface area contributed by atoms with Crippen molar-refractivity contribution in [1.82, 2.24) is 15.5 Å². The van der Waals surface area contributed by atoms with Crippen LogP contribution in [0.15, 0.2) is 21.0 Å². The van der Waals surface area contributed by atoms with Gasteiger partial charge in [-0.05, 0) is 12.1 Å². The molecule has 0 aliphatic carbocycles. The van der Waals surface area contributed by atoms with Crippen LogP contribution in [0.4, 0.5) is 8.78 Å². The van der Waals surface area contributed by atoms with E-state index in [1.807, 2.05) is 13.8 Å². The highest BCUT2D eigenvalue weighted by atomic mass is 79.9. The monoisotopic (exact) mass is 345 g/mol. The van der Waals surface area contributed by atoms with Crippen molar-refractivity contribution >= 4 is 15.9 Å². The van der Waals surface area contributed by atoms with Crippen LogP contribution in [0, 0.1) is 11.6 Å². The molecule has 0 aliphatic rings. The van der Waals surface area contributed by atoms with E-state index in [0.717, 1.165) is 12.1 Å². The van der Waals surface area contributed by atoms with Gasteiger partial charge in [-0.25, -0.2) is 8.78 Å². The summed E-state index contributed by atoms with van der Waals surface area (Å²) in [6, 6.07) is 2.66. The summed E-state index contributed by atoms with van der Waals surface area (Å²) in [7, 11) is 0. The number of rotatable bonds is 5. The Balaban J connectivity index is 2.17. The highest BCUT2D eigenvalue weighted by Crippen LogP contribution is 2.28. The lowest BCUT2D eigenvalue weighted by Gasteiger charge is -2.05. The number of benzene rings is 1. The lowest BCUT2D eigenvalue weighted by molar-refractivity contribution is 0.477. The molecule has 0 fully saturated rings. The van der Waals surface area contributed by atoms with Crippen molar-refractivity contribution in [3.8, 4) is 11.5 Å². The summed E-state index contributed by atoms with van der Waals surface area (Å²) in [5.41, 5.74) is -0.302. The minimum absolute atomic E-state index is 0.146. The summed E-state index contributed by atoms with van der Waals surface area (Å²) in [5, 5.41) is 10.7. The van der Waals surface area contributed by atoms with E-state index in [-0.39, 0.29) is 11.5 Å². The van der Waals surface area contributed by atoms with Gasteiger partial charge in [0.1, 0.15) is 17.2 Å². The molecular weight excluding hydrogens is 332 g/mol. The predicted molar refractivity (Wildman–Crippen MR) is 74.2 cm³/mol. The second-order valence-electron chi connectivity index (χ2n) is 4.60. The summed E-state index contributed by atoms with van der Waals surface area (Å²) in [6.07, 6.45) is 0.505. The minimum atomic E-state index is -0.743. The first kappa shape index (κ1) is 15.1. The van der Waals surface area contributed by atoms with Gasteiger partial charge in [-0.15, -0.1) is 10.2 Å². The molecule has 0 radical (unpaired) electrons. The van der Waals surface area contributed by atoms with Crippen molar-refractivity contribution in [2.24, 2.45) is 0 Å². The fourth-order valence-corrected chi connectivity index (χ4v) is 2.07. The Morgan fingerprint density at radius 2 is 1.90 bits per heavy atom. The molecule has 0 spiro atoms. The van der Waals surface area contributed by atoms with E-state index in [0.29, 0.717) is 29.4 Å². The molecule has 1 aromatic heterocycles. The van der Waals surface area contributed by atoms with Crippen LogP contribution in [0.1, 0.15) is 19.7 Å². The second kappa shape index (κ2) is 6.41. The lowest BCUT2D eigenvalue weighted by Crippen LogP contribution is -2.25. The highest BCUT2D eigenvalue weighted by Gasteiger charge is 2.18. The summed E-state index contributed by atoms with van der Waals surface area (Å²) in [6.45, 7) is 4.70. The Morgan fingerprint density at radius 3 is 2.50 bits per heavy atom. The molecule has 7 heteroatoms. The molecule has 0 unspecified atom stereocenters. The van der Waals surface area contributed by atoms with E-state index >= 15 is 0 Å². The lowest BCUT2D eigenvalue weighted by atomic mass is 10.2. The highest BCUT2D eigenvalue weighted by molar-refractivity contribution is 9.10. The van der Waals surface area contributed by atoms with Crippen molar-refractivity contribution in [3.05, 3.63) is 34.1 Å². The van der Waals surface area contributed by atoms with E-state index < -0.39 is 11.6 Å². The van der Waals surface area contributed by atoms with E-state index in [1.54, 1.807) is 0 Å². The molecule has 2 aromatic rings. The molecule has 1 aromatic carbocycles. The van der Waals surface area contributed by atoms with Gasteiger partial charge < -0.3 is 9.73 Å². The zero-order chi connectivity index (χ0) is 14.7. The van der Waals surface area contributed by atoms with Gasteiger partial charge in [0.15, 0.2) is 0 Å².